The van der Waals surface area contributed by atoms with Crippen LogP contribution in [0.1, 0.15) is 12.8 Å². The number of likely N-dealkylation sites (tertiary alicyclic amines) is 1. The second-order valence-corrected chi connectivity index (χ2v) is 3.77. The number of carbonyl (C=O) groups excluding carboxylic acids is 1. The number of ether oxygens (including phenoxy) is 1. The molecule has 0 saturated carbocycles. The summed E-state index contributed by atoms with van der Waals surface area (Å²) < 4.78 is 18.3. The van der Waals surface area contributed by atoms with E-state index in [0.29, 0.717) is 0 Å². The Balaban J connectivity index is 2.38. The average molecular weight is 234 g/mol. The maximum Gasteiger partial charge on any atom is 0.407 e. The van der Waals surface area contributed by atoms with Crippen molar-refractivity contribution in [3.05, 3.63) is 0 Å². The Hall–Kier alpha value is -1.53. The Bertz CT molecular complexity index is 277. The second-order valence-electron chi connectivity index (χ2n) is 3.77. The molecule has 2 N–H and O–H groups in total. The van der Waals surface area contributed by atoms with Crippen molar-refractivity contribution in [1.82, 2.24) is 10.2 Å². The molecular weight excluding hydrogens is 219 g/mol. The first kappa shape index (κ1) is 12.5. The summed E-state index contributed by atoms with van der Waals surface area (Å²) in [5.41, 5.74) is -1.54. The molecule has 1 rings (SSSR count). The van der Waals surface area contributed by atoms with Crippen LogP contribution >= 0.6 is 0 Å². The van der Waals surface area contributed by atoms with Crippen LogP contribution in [-0.2, 0) is 4.74 Å². The summed E-state index contributed by atoms with van der Waals surface area (Å²) in [5, 5.41) is 11.0. The molecule has 0 aromatic rings. The number of carboxylic acid groups (broad SMARTS) is 1. The number of amides is 2. The molecule has 1 saturated heterocycles. The van der Waals surface area contributed by atoms with Gasteiger partial charge in [-0.2, -0.15) is 0 Å². The highest BCUT2D eigenvalue weighted by Gasteiger charge is 2.36. The normalized spacial score (nSPS) is 19.0. The molecule has 2 amide bonds. The summed E-state index contributed by atoms with van der Waals surface area (Å²) in [4.78, 5) is 22.5. The van der Waals surface area contributed by atoms with Gasteiger partial charge in [0.05, 0.1) is 13.7 Å². The molecule has 0 aliphatic carbocycles. The molecule has 92 valence electrons. The van der Waals surface area contributed by atoms with Crippen LogP contribution in [0.5, 0.6) is 0 Å². The predicted octanol–water partition coefficient (Wildman–Crippen LogP) is 0.824. The molecular formula is C9H15FN2O4. The van der Waals surface area contributed by atoms with Crippen LogP contribution in [-0.4, -0.2) is 54.6 Å². The first-order valence-electron chi connectivity index (χ1n) is 4.95. The average Bonchev–Trinajstić information content (AvgIpc) is 2.26. The lowest BCUT2D eigenvalue weighted by atomic mass is 9.93. The van der Waals surface area contributed by atoms with Crippen LogP contribution in [0.25, 0.3) is 0 Å². The molecule has 0 unspecified atom stereocenters. The molecule has 0 spiro atoms. The zero-order chi connectivity index (χ0) is 12.2. The van der Waals surface area contributed by atoms with Gasteiger partial charge in [-0.1, -0.05) is 0 Å². The van der Waals surface area contributed by atoms with Crippen LogP contribution in [0, 0.1) is 0 Å². The molecule has 6 nitrogen and oxygen atoms in total. The molecule has 0 atom stereocenters. The van der Waals surface area contributed by atoms with E-state index in [2.05, 4.69) is 10.1 Å². The summed E-state index contributed by atoms with van der Waals surface area (Å²) in [6, 6.07) is 0. The highest BCUT2D eigenvalue weighted by atomic mass is 19.1. The summed E-state index contributed by atoms with van der Waals surface area (Å²) in [6.45, 7) is 0.149. The van der Waals surface area contributed by atoms with Gasteiger partial charge < -0.3 is 20.1 Å². The zero-order valence-corrected chi connectivity index (χ0v) is 9.03. The van der Waals surface area contributed by atoms with Gasteiger partial charge in [-0.15, -0.1) is 0 Å². The van der Waals surface area contributed by atoms with Crippen LogP contribution in [0.2, 0.25) is 0 Å². The van der Waals surface area contributed by atoms with Gasteiger partial charge >= 0.3 is 12.2 Å². The van der Waals surface area contributed by atoms with E-state index in [4.69, 9.17) is 5.11 Å². The quantitative estimate of drug-likeness (QED) is 0.741. The van der Waals surface area contributed by atoms with Crippen LogP contribution in [0.3, 0.4) is 0 Å². The van der Waals surface area contributed by atoms with Gasteiger partial charge in [-0.25, -0.2) is 14.0 Å². The van der Waals surface area contributed by atoms with E-state index in [1.807, 2.05) is 0 Å². The molecule has 1 aliphatic heterocycles. The number of piperidine rings is 1. The topological polar surface area (TPSA) is 78.9 Å². The van der Waals surface area contributed by atoms with Crippen molar-refractivity contribution in [1.29, 1.82) is 0 Å². The van der Waals surface area contributed by atoms with Crippen molar-refractivity contribution in [2.75, 3.05) is 26.7 Å². The van der Waals surface area contributed by atoms with Gasteiger partial charge in [0, 0.05) is 25.9 Å². The molecule has 0 radical (unpaired) electrons. The van der Waals surface area contributed by atoms with E-state index in [-0.39, 0.29) is 32.5 Å². The number of methoxy groups -OCH3 is 1. The lowest BCUT2D eigenvalue weighted by Crippen LogP contribution is -2.49. The zero-order valence-electron chi connectivity index (χ0n) is 9.03. The third-order valence-electron chi connectivity index (χ3n) is 2.66. The van der Waals surface area contributed by atoms with E-state index in [0.717, 1.165) is 4.90 Å². The minimum Gasteiger partial charge on any atom is -0.465 e. The summed E-state index contributed by atoms with van der Waals surface area (Å²) in [5.74, 6) is 0. The number of carbonyl (C=O) groups is 2. The Kier molecular flexibility index (Phi) is 3.92. The molecule has 1 fully saturated rings. The van der Waals surface area contributed by atoms with Gasteiger partial charge in [0.25, 0.3) is 0 Å². The molecule has 1 heterocycles. The van der Waals surface area contributed by atoms with E-state index in [1.165, 1.54) is 7.11 Å². The lowest BCUT2D eigenvalue weighted by Gasteiger charge is -2.34. The SMILES string of the molecule is COC(=O)NCC1(F)CCN(C(=O)O)CC1. The number of alkyl halides is 1. The molecule has 0 aromatic heterocycles. The molecule has 0 aromatic carbocycles. The molecule has 16 heavy (non-hydrogen) atoms. The van der Waals surface area contributed by atoms with Gasteiger partial charge in [0.15, 0.2) is 0 Å². The highest BCUT2D eigenvalue weighted by Crippen LogP contribution is 2.25. The Morgan fingerprint density at radius 1 is 1.50 bits per heavy atom. The van der Waals surface area contributed by atoms with Gasteiger partial charge in [0.2, 0.25) is 0 Å². The maximum atomic E-state index is 14.0. The lowest BCUT2D eigenvalue weighted by molar-refractivity contribution is 0.0557. The number of nitrogens with one attached hydrogen (secondary N) is 1. The third-order valence-corrected chi connectivity index (χ3v) is 2.66. The minimum atomic E-state index is -1.54. The van der Waals surface area contributed by atoms with Crippen molar-refractivity contribution >= 4 is 12.2 Å². The van der Waals surface area contributed by atoms with Crippen molar-refractivity contribution in [3.63, 3.8) is 0 Å². The van der Waals surface area contributed by atoms with E-state index in [9.17, 15) is 14.0 Å². The van der Waals surface area contributed by atoms with Crippen LogP contribution < -0.4 is 5.32 Å². The molecule has 0 bridgehead atoms. The first-order chi connectivity index (χ1) is 7.47. The summed E-state index contributed by atoms with van der Waals surface area (Å²) in [7, 11) is 1.20. The van der Waals surface area contributed by atoms with E-state index in [1.54, 1.807) is 0 Å². The van der Waals surface area contributed by atoms with Crippen molar-refractivity contribution in [3.8, 4) is 0 Å². The van der Waals surface area contributed by atoms with E-state index >= 15 is 0 Å². The Morgan fingerprint density at radius 2 is 2.06 bits per heavy atom. The van der Waals surface area contributed by atoms with Gasteiger partial charge in [-0.05, 0) is 0 Å². The van der Waals surface area contributed by atoms with Crippen LogP contribution in [0.15, 0.2) is 0 Å². The number of halogens is 1. The molecule has 7 heteroatoms. The first-order valence-corrected chi connectivity index (χ1v) is 4.95. The fourth-order valence-corrected chi connectivity index (χ4v) is 1.58. The van der Waals surface area contributed by atoms with Crippen molar-refractivity contribution in [2.45, 2.75) is 18.5 Å². The number of rotatable bonds is 2. The molecule has 1 aliphatic rings. The monoisotopic (exact) mass is 234 g/mol. The number of alkyl carbamates (subject to hydrolysis) is 1. The number of hydrogen-bond donors (Lipinski definition) is 2. The van der Waals surface area contributed by atoms with Crippen molar-refractivity contribution in [2.24, 2.45) is 0 Å². The summed E-state index contributed by atoms with van der Waals surface area (Å²) >= 11 is 0. The Labute approximate surface area is 92.4 Å². The fraction of sp³-hybridized carbons (Fsp3) is 0.778. The smallest absolute Gasteiger partial charge is 0.407 e. The van der Waals surface area contributed by atoms with Crippen LogP contribution in [0.4, 0.5) is 14.0 Å². The standard InChI is InChI=1S/C9H15FN2O4/c1-16-7(13)11-6-9(10)2-4-12(5-3-9)8(14)15/h2-6H2,1H3,(H,11,13)(H,14,15). The third kappa shape index (κ3) is 3.25. The fourth-order valence-electron chi connectivity index (χ4n) is 1.58. The van der Waals surface area contributed by atoms with E-state index < -0.39 is 17.9 Å². The van der Waals surface area contributed by atoms with Crippen molar-refractivity contribution < 1.29 is 23.8 Å². The number of hydrogen-bond acceptors (Lipinski definition) is 3. The summed E-state index contributed by atoms with van der Waals surface area (Å²) in [6.07, 6.45) is -1.55. The Morgan fingerprint density at radius 3 is 2.50 bits per heavy atom. The van der Waals surface area contributed by atoms with Gasteiger partial charge in [-0.3, -0.25) is 0 Å². The van der Waals surface area contributed by atoms with Gasteiger partial charge in [0.1, 0.15) is 5.67 Å². The minimum absolute atomic E-state index is 0.0866. The largest absolute Gasteiger partial charge is 0.465 e. The predicted molar refractivity (Wildman–Crippen MR) is 53.1 cm³/mol. The number of nitrogens with zero attached hydrogens (tertiary/aromatic N) is 1. The highest BCUT2D eigenvalue weighted by molar-refractivity contribution is 5.67. The second kappa shape index (κ2) is 5.00. The maximum absolute atomic E-state index is 14.0.